The van der Waals surface area contributed by atoms with Crippen molar-refractivity contribution in [2.45, 2.75) is 13.3 Å². The molecule has 0 atom stereocenters. The van der Waals surface area contributed by atoms with E-state index in [-0.39, 0.29) is 22.8 Å². The zero-order valence-electron chi connectivity index (χ0n) is 10.1. The van der Waals surface area contributed by atoms with Gasteiger partial charge in [-0.1, -0.05) is 37.3 Å². The van der Waals surface area contributed by atoms with E-state index >= 15 is 0 Å². The molecule has 2 rings (SSSR count). The lowest BCUT2D eigenvalue weighted by Crippen LogP contribution is -2.02. The van der Waals surface area contributed by atoms with E-state index in [1.54, 1.807) is 30.3 Å². The highest BCUT2D eigenvalue weighted by molar-refractivity contribution is 6.10. The third-order valence-electron chi connectivity index (χ3n) is 2.86. The first-order chi connectivity index (χ1) is 8.63. The molecule has 92 valence electrons. The Morgan fingerprint density at radius 3 is 2.33 bits per heavy atom. The van der Waals surface area contributed by atoms with Gasteiger partial charge >= 0.3 is 0 Å². The SMILES string of the molecule is CCc1cc(C(=O)c2ccccc2)c(O)cc1O. The number of aryl methyl sites for hydroxylation is 1. The van der Waals surface area contributed by atoms with Crippen LogP contribution in [0.25, 0.3) is 0 Å². The molecule has 3 nitrogen and oxygen atoms in total. The second-order valence-corrected chi connectivity index (χ2v) is 4.05. The maximum Gasteiger partial charge on any atom is 0.196 e. The first-order valence-electron chi connectivity index (χ1n) is 5.78. The van der Waals surface area contributed by atoms with E-state index in [4.69, 9.17) is 0 Å². The molecule has 2 N–H and O–H groups in total. The molecule has 0 saturated heterocycles. The highest BCUT2D eigenvalue weighted by Crippen LogP contribution is 2.29. The molecule has 0 bridgehead atoms. The largest absolute Gasteiger partial charge is 0.508 e. The van der Waals surface area contributed by atoms with Crippen molar-refractivity contribution in [3.63, 3.8) is 0 Å². The van der Waals surface area contributed by atoms with Crippen molar-refractivity contribution < 1.29 is 15.0 Å². The average molecular weight is 242 g/mol. The highest BCUT2D eigenvalue weighted by Gasteiger charge is 2.15. The van der Waals surface area contributed by atoms with Crippen LogP contribution < -0.4 is 0 Å². The summed E-state index contributed by atoms with van der Waals surface area (Å²) in [5.41, 5.74) is 1.38. The lowest BCUT2D eigenvalue weighted by molar-refractivity contribution is 0.103. The van der Waals surface area contributed by atoms with Crippen LogP contribution in [0.4, 0.5) is 0 Å². The van der Waals surface area contributed by atoms with Crippen LogP contribution in [0.3, 0.4) is 0 Å². The molecule has 0 spiro atoms. The number of benzene rings is 2. The molecule has 18 heavy (non-hydrogen) atoms. The zero-order chi connectivity index (χ0) is 13.1. The second kappa shape index (κ2) is 4.92. The molecule has 3 heteroatoms. The number of rotatable bonds is 3. The monoisotopic (exact) mass is 242 g/mol. The van der Waals surface area contributed by atoms with Gasteiger partial charge in [0.05, 0.1) is 5.56 Å². The van der Waals surface area contributed by atoms with Crippen LogP contribution in [0.15, 0.2) is 42.5 Å². The van der Waals surface area contributed by atoms with Gasteiger partial charge in [0.15, 0.2) is 5.78 Å². The smallest absolute Gasteiger partial charge is 0.196 e. The molecule has 0 radical (unpaired) electrons. The summed E-state index contributed by atoms with van der Waals surface area (Å²) in [6.07, 6.45) is 0.598. The summed E-state index contributed by atoms with van der Waals surface area (Å²) < 4.78 is 0. The van der Waals surface area contributed by atoms with Crippen molar-refractivity contribution in [1.29, 1.82) is 0 Å². The predicted molar refractivity (Wildman–Crippen MR) is 69.0 cm³/mol. The molecule has 0 unspecified atom stereocenters. The number of hydrogen-bond acceptors (Lipinski definition) is 3. The third-order valence-corrected chi connectivity index (χ3v) is 2.86. The highest BCUT2D eigenvalue weighted by atomic mass is 16.3. The molecule has 2 aromatic rings. The number of phenolic OH excluding ortho intramolecular Hbond substituents is 2. The van der Waals surface area contributed by atoms with Gasteiger partial charge in [-0.3, -0.25) is 4.79 Å². The normalized spacial score (nSPS) is 10.3. The average Bonchev–Trinajstić information content (AvgIpc) is 2.39. The van der Waals surface area contributed by atoms with E-state index in [1.807, 2.05) is 13.0 Å². The number of phenols is 2. The molecule has 0 aliphatic rings. The molecule has 2 aromatic carbocycles. The maximum atomic E-state index is 12.2. The fourth-order valence-corrected chi connectivity index (χ4v) is 1.83. The standard InChI is InChI=1S/C15H14O3/c1-2-10-8-12(14(17)9-13(10)16)15(18)11-6-4-3-5-7-11/h3-9,16-17H,2H2,1H3. The van der Waals surface area contributed by atoms with Crippen molar-refractivity contribution >= 4 is 5.78 Å². The number of carbonyl (C=O) groups is 1. The molecule has 0 amide bonds. The molecule has 0 aromatic heterocycles. The summed E-state index contributed by atoms with van der Waals surface area (Å²) in [6.45, 7) is 1.88. The van der Waals surface area contributed by atoms with Gasteiger partial charge < -0.3 is 10.2 Å². The summed E-state index contributed by atoms with van der Waals surface area (Å²) in [7, 11) is 0. The fourth-order valence-electron chi connectivity index (χ4n) is 1.83. The summed E-state index contributed by atoms with van der Waals surface area (Å²) in [5.74, 6) is -0.430. The molecule has 0 saturated carbocycles. The minimum absolute atomic E-state index is 0.0135. The minimum atomic E-state index is -0.247. The first kappa shape index (κ1) is 12.2. The maximum absolute atomic E-state index is 12.2. The Bertz CT molecular complexity index is 574. The Labute approximate surface area is 105 Å². The molecule has 0 aliphatic heterocycles. The molecule has 0 heterocycles. The zero-order valence-corrected chi connectivity index (χ0v) is 10.1. The quantitative estimate of drug-likeness (QED) is 0.814. The van der Waals surface area contributed by atoms with E-state index in [0.717, 1.165) is 0 Å². The second-order valence-electron chi connectivity index (χ2n) is 4.05. The van der Waals surface area contributed by atoms with Crippen LogP contribution in [0.1, 0.15) is 28.4 Å². The summed E-state index contributed by atoms with van der Waals surface area (Å²) in [4.78, 5) is 12.2. The topological polar surface area (TPSA) is 57.5 Å². The van der Waals surface area contributed by atoms with Gasteiger partial charge in [0.25, 0.3) is 0 Å². The Hall–Kier alpha value is -2.29. The van der Waals surface area contributed by atoms with Crippen LogP contribution >= 0.6 is 0 Å². The van der Waals surface area contributed by atoms with Gasteiger partial charge in [-0.15, -0.1) is 0 Å². The van der Waals surface area contributed by atoms with Gasteiger partial charge in [0.2, 0.25) is 0 Å². The Kier molecular flexibility index (Phi) is 3.33. The van der Waals surface area contributed by atoms with Gasteiger partial charge in [-0.25, -0.2) is 0 Å². The summed E-state index contributed by atoms with van der Waals surface area (Å²) >= 11 is 0. The van der Waals surface area contributed by atoms with Crippen molar-refractivity contribution in [1.82, 2.24) is 0 Å². The van der Waals surface area contributed by atoms with Crippen molar-refractivity contribution in [2.24, 2.45) is 0 Å². The predicted octanol–water partition coefficient (Wildman–Crippen LogP) is 2.89. The lowest BCUT2D eigenvalue weighted by Gasteiger charge is -2.08. The molecular formula is C15H14O3. The first-order valence-corrected chi connectivity index (χ1v) is 5.78. The van der Waals surface area contributed by atoms with Crippen molar-refractivity contribution in [3.8, 4) is 11.5 Å². The Balaban J connectivity index is 2.48. The fraction of sp³-hybridized carbons (Fsp3) is 0.133. The summed E-state index contributed by atoms with van der Waals surface area (Å²) in [5, 5.41) is 19.4. The van der Waals surface area contributed by atoms with Crippen LogP contribution in [-0.2, 0) is 6.42 Å². The van der Waals surface area contributed by atoms with E-state index in [1.165, 1.54) is 6.07 Å². The van der Waals surface area contributed by atoms with E-state index in [0.29, 0.717) is 17.5 Å². The Morgan fingerprint density at radius 2 is 1.72 bits per heavy atom. The van der Waals surface area contributed by atoms with Gasteiger partial charge in [-0.2, -0.15) is 0 Å². The van der Waals surface area contributed by atoms with E-state index in [9.17, 15) is 15.0 Å². The third kappa shape index (κ3) is 2.20. The van der Waals surface area contributed by atoms with Crippen LogP contribution in [0, 0.1) is 0 Å². The van der Waals surface area contributed by atoms with Crippen LogP contribution in [0.5, 0.6) is 11.5 Å². The number of aromatic hydroxyl groups is 2. The van der Waals surface area contributed by atoms with Gasteiger partial charge in [0.1, 0.15) is 11.5 Å². The Morgan fingerprint density at radius 1 is 1.06 bits per heavy atom. The minimum Gasteiger partial charge on any atom is -0.508 e. The van der Waals surface area contributed by atoms with Crippen LogP contribution in [0.2, 0.25) is 0 Å². The summed E-state index contributed by atoms with van der Waals surface area (Å²) in [6, 6.07) is 11.5. The van der Waals surface area contributed by atoms with E-state index < -0.39 is 0 Å². The lowest BCUT2D eigenvalue weighted by atomic mass is 9.99. The van der Waals surface area contributed by atoms with Crippen molar-refractivity contribution in [2.75, 3.05) is 0 Å². The van der Waals surface area contributed by atoms with Crippen molar-refractivity contribution in [3.05, 3.63) is 59.2 Å². The number of ketones is 1. The van der Waals surface area contributed by atoms with E-state index in [2.05, 4.69) is 0 Å². The molecule has 0 aliphatic carbocycles. The number of hydrogen-bond donors (Lipinski definition) is 2. The van der Waals surface area contributed by atoms with Crippen LogP contribution in [-0.4, -0.2) is 16.0 Å². The molecule has 0 fully saturated rings. The number of carbonyl (C=O) groups excluding carboxylic acids is 1. The molecular weight excluding hydrogens is 228 g/mol. The van der Waals surface area contributed by atoms with Gasteiger partial charge in [0, 0.05) is 11.6 Å². The van der Waals surface area contributed by atoms with Gasteiger partial charge in [-0.05, 0) is 18.1 Å².